The molecule has 0 bridgehead atoms. The van der Waals surface area contributed by atoms with E-state index in [9.17, 15) is 4.79 Å². The highest BCUT2D eigenvalue weighted by Crippen LogP contribution is 2.30. The van der Waals surface area contributed by atoms with Crippen molar-refractivity contribution in [2.24, 2.45) is 11.7 Å². The van der Waals surface area contributed by atoms with Crippen molar-refractivity contribution in [3.63, 3.8) is 0 Å². The molecule has 0 saturated heterocycles. The van der Waals surface area contributed by atoms with Crippen LogP contribution in [0.25, 0.3) is 0 Å². The van der Waals surface area contributed by atoms with Crippen molar-refractivity contribution >= 4 is 17.2 Å². The first-order chi connectivity index (χ1) is 8.70. The van der Waals surface area contributed by atoms with Crippen LogP contribution in [-0.4, -0.2) is 12.5 Å². The van der Waals surface area contributed by atoms with Crippen molar-refractivity contribution < 1.29 is 4.79 Å². The number of amides is 1. The largest absolute Gasteiger partial charge is 0.351 e. The zero-order valence-corrected chi connectivity index (χ0v) is 11.8. The molecule has 0 radical (unpaired) electrons. The molecule has 18 heavy (non-hydrogen) atoms. The Morgan fingerprint density at radius 3 is 3.11 bits per heavy atom. The zero-order chi connectivity index (χ0) is 13.0. The molecule has 0 aliphatic heterocycles. The summed E-state index contributed by atoms with van der Waals surface area (Å²) in [6.07, 6.45) is 5.53. The van der Waals surface area contributed by atoms with Crippen LogP contribution in [0.4, 0.5) is 0 Å². The standard InChI is InChI=1S/C14H22N2OS/c1-10(4-3-7-15)14(17)16-9-12-8-11-5-2-6-13(11)18-12/h8,10H,2-7,9,15H2,1H3,(H,16,17). The van der Waals surface area contributed by atoms with Crippen LogP contribution in [0.5, 0.6) is 0 Å². The van der Waals surface area contributed by atoms with Gasteiger partial charge >= 0.3 is 0 Å². The van der Waals surface area contributed by atoms with E-state index in [1.165, 1.54) is 34.6 Å². The molecule has 1 amide bonds. The Kier molecular flexibility index (Phi) is 4.78. The Labute approximate surface area is 113 Å². The van der Waals surface area contributed by atoms with Gasteiger partial charge in [0, 0.05) is 15.7 Å². The molecule has 1 heterocycles. The molecule has 3 nitrogen and oxygen atoms in total. The first-order valence-electron chi connectivity index (χ1n) is 6.79. The molecule has 1 unspecified atom stereocenters. The van der Waals surface area contributed by atoms with E-state index in [4.69, 9.17) is 5.73 Å². The van der Waals surface area contributed by atoms with E-state index in [0.717, 1.165) is 12.8 Å². The molecule has 2 rings (SSSR count). The summed E-state index contributed by atoms with van der Waals surface area (Å²) in [5.41, 5.74) is 6.95. The lowest BCUT2D eigenvalue weighted by atomic mass is 10.1. The summed E-state index contributed by atoms with van der Waals surface area (Å²) < 4.78 is 0. The minimum Gasteiger partial charge on any atom is -0.351 e. The van der Waals surface area contributed by atoms with Gasteiger partial charge in [0.25, 0.3) is 0 Å². The van der Waals surface area contributed by atoms with Crippen LogP contribution in [-0.2, 0) is 24.2 Å². The third-order valence-corrected chi connectivity index (χ3v) is 4.76. The molecule has 3 N–H and O–H groups in total. The fraction of sp³-hybridized carbons (Fsp3) is 0.643. The predicted molar refractivity (Wildman–Crippen MR) is 75.6 cm³/mol. The number of carbonyl (C=O) groups excluding carboxylic acids is 1. The molecule has 1 atom stereocenters. The molecule has 0 fully saturated rings. The molecule has 1 aliphatic carbocycles. The predicted octanol–water partition coefficient (Wildman–Crippen LogP) is 2.23. The molecular formula is C14H22N2OS. The summed E-state index contributed by atoms with van der Waals surface area (Å²) in [6.45, 7) is 3.32. The Hall–Kier alpha value is -0.870. The van der Waals surface area contributed by atoms with E-state index in [0.29, 0.717) is 13.1 Å². The summed E-state index contributed by atoms with van der Waals surface area (Å²) in [5, 5.41) is 3.03. The third kappa shape index (κ3) is 3.33. The van der Waals surface area contributed by atoms with Gasteiger partial charge in [-0.15, -0.1) is 11.3 Å². The number of nitrogens with one attached hydrogen (secondary N) is 1. The molecule has 1 aromatic heterocycles. The summed E-state index contributed by atoms with van der Waals surface area (Å²) in [7, 11) is 0. The quantitative estimate of drug-likeness (QED) is 0.829. The first kappa shape index (κ1) is 13.6. The van der Waals surface area contributed by atoms with Gasteiger partial charge in [-0.25, -0.2) is 0 Å². The summed E-state index contributed by atoms with van der Waals surface area (Å²) in [4.78, 5) is 14.7. The van der Waals surface area contributed by atoms with Crippen molar-refractivity contribution in [2.75, 3.05) is 6.54 Å². The van der Waals surface area contributed by atoms with Crippen LogP contribution in [0.15, 0.2) is 6.07 Å². The van der Waals surface area contributed by atoms with Crippen molar-refractivity contribution in [2.45, 2.75) is 45.6 Å². The Morgan fingerprint density at radius 2 is 2.39 bits per heavy atom. The lowest BCUT2D eigenvalue weighted by Gasteiger charge is -2.10. The summed E-state index contributed by atoms with van der Waals surface area (Å²) >= 11 is 1.86. The average molecular weight is 266 g/mol. The van der Waals surface area contributed by atoms with Gasteiger partial charge < -0.3 is 11.1 Å². The SMILES string of the molecule is CC(CCCN)C(=O)NCc1cc2c(s1)CCC2. The van der Waals surface area contributed by atoms with Gasteiger partial charge in [-0.1, -0.05) is 6.92 Å². The highest BCUT2D eigenvalue weighted by atomic mass is 32.1. The van der Waals surface area contributed by atoms with Gasteiger partial charge in [0.15, 0.2) is 0 Å². The Morgan fingerprint density at radius 1 is 1.56 bits per heavy atom. The fourth-order valence-electron chi connectivity index (χ4n) is 2.38. The van der Waals surface area contributed by atoms with Gasteiger partial charge in [-0.3, -0.25) is 4.79 Å². The highest BCUT2D eigenvalue weighted by Gasteiger charge is 2.16. The minimum atomic E-state index is 0.0698. The number of rotatable bonds is 6. The molecular weight excluding hydrogens is 244 g/mol. The number of fused-ring (bicyclic) bond motifs is 1. The zero-order valence-electron chi connectivity index (χ0n) is 11.0. The molecule has 4 heteroatoms. The van der Waals surface area contributed by atoms with Gasteiger partial charge in [0.2, 0.25) is 5.91 Å². The maximum Gasteiger partial charge on any atom is 0.223 e. The monoisotopic (exact) mass is 266 g/mol. The molecule has 0 spiro atoms. The smallest absolute Gasteiger partial charge is 0.223 e. The molecule has 1 aliphatic rings. The van der Waals surface area contributed by atoms with Crippen LogP contribution in [0.2, 0.25) is 0 Å². The van der Waals surface area contributed by atoms with Crippen LogP contribution < -0.4 is 11.1 Å². The maximum absolute atomic E-state index is 11.9. The number of carbonyl (C=O) groups is 1. The number of thiophene rings is 1. The lowest BCUT2D eigenvalue weighted by molar-refractivity contribution is -0.124. The Bertz CT molecular complexity index is 392. The number of hydrogen-bond donors (Lipinski definition) is 2. The fourth-order valence-corrected chi connectivity index (χ4v) is 3.58. The van der Waals surface area contributed by atoms with Crippen LogP contribution in [0.3, 0.4) is 0 Å². The highest BCUT2D eigenvalue weighted by molar-refractivity contribution is 7.12. The number of aryl methyl sites for hydroxylation is 2. The van der Waals surface area contributed by atoms with E-state index in [1.807, 2.05) is 18.3 Å². The van der Waals surface area contributed by atoms with Gasteiger partial charge in [0.05, 0.1) is 6.54 Å². The number of nitrogens with two attached hydrogens (primary N) is 1. The van der Waals surface area contributed by atoms with Crippen molar-refractivity contribution in [3.05, 3.63) is 21.4 Å². The van der Waals surface area contributed by atoms with E-state index in [1.54, 1.807) is 0 Å². The normalized spacial score (nSPS) is 15.4. The first-order valence-corrected chi connectivity index (χ1v) is 7.60. The maximum atomic E-state index is 11.9. The summed E-state index contributed by atoms with van der Waals surface area (Å²) in [6, 6.07) is 2.26. The van der Waals surface area contributed by atoms with E-state index in [2.05, 4.69) is 11.4 Å². The van der Waals surface area contributed by atoms with Crippen molar-refractivity contribution in [1.29, 1.82) is 0 Å². The second-order valence-electron chi connectivity index (χ2n) is 5.06. The summed E-state index contributed by atoms with van der Waals surface area (Å²) in [5.74, 6) is 0.220. The molecule has 0 saturated carbocycles. The van der Waals surface area contributed by atoms with Gasteiger partial charge in [0.1, 0.15) is 0 Å². The minimum absolute atomic E-state index is 0.0698. The number of hydrogen-bond acceptors (Lipinski definition) is 3. The van der Waals surface area contributed by atoms with E-state index < -0.39 is 0 Å². The van der Waals surface area contributed by atoms with Crippen LogP contribution in [0.1, 0.15) is 41.5 Å². The van der Waals surface area contributed by atoms with E-state index >= 15 is 0 Å². The van der Waals surface area contributed by atoms with Crippen molar-refractivity contribution in [1.82, 2.24) is 5.32 Å². The molecule has 100 valence electrons. The average Bonchev–Trinajstić information content (AvgIpc) is 2.93. The van der Waals surface area contributed by atoms with Crippen LogP contribution >= 0.6 is 11.3 Å². The van der Waals surface area contributed by atoms with Gasteiger partial charge in [-0.2, -0.15) is 0 Å². The Balaban J connectivity index is 1.78. The van der Waals surface area contributed by atoms with Crippen molar-refractivity contribution in [3.8, 4) is 0 Å². The second kappa shape index (κ2) is 6.34. The molecule has 1 aromatic rings. The van der Waals surface area contributed by atoms with Crippen LogP contribution in [0, 0.1) is 5.92 Å². The second-order valence-corrected chi connectivity index (χ2v) is 6.29. The topological polar surface area (TPSA) is 55.1 Å². The van der Waals surface area contributed by atoms with Gasteiger partial charge in [-0.05, 0) is 50.3 Å². The third-order valence-electron chi connectivity index (χ3n) is 3.52. The van der Waals surface area contributed by atoms with E-state index in [-0.39, 0.29) is 11.8 Å². The molecule has 0 aromatic carbocycles. The lowest BCUT2D eigenvalue weighted by Crippen LogP contribution is -2.28.